The second-order valence-corrected chi connectivity index (χ2v) is 8.97. The maximum Gasteiger partial charge on any atom is 0.392 e. The van der Waals surface area contributed by atoms with E-state index in [-0.39, 0.29) is 34.5 Å². The van der Waals surface area contributed by atoms with Crippen molar-refractivity contribution in [1.82, 2.24) is 0 Å². The molecule has 32 heavy (non-hydrogen) atoms. The van der Waals surface area contributed by atoms with Gasteiger partial charge in [0.05, 0.1) is 29.0 Å². The molecule has 4 nitrogen and oxygen atoms in total. The number of carbonyl (C=O) groups excluding carboxylic acids is 1. The quantitative estimate of drug-likeness (QED) is 0.426. The molecule has 1 aliphatic rings. The highest BCUT2D eigenvalue weighted by atomic mass is 35.5. The highest BCUT2D eigenvalue weighted by molar-refractivity contribution is 6.33. The zero-order valence-corrected chi connectivity index (χ0v) is 18.6. The zero-order valence-electron chi connectivity index (χ0n) is 17.1. The van der Waals surface area contributed by atoms with Gasteiger partial charge in [0.2, 0.25) is 5.91 Å². The molecule has 1 fully saturated rings. The van der Waals surface area contributed by atoms with Gasteiger partial charge in [0.1, 0.15) is 0 Å². The first-order valence-corrected chi connectivity index (χ1v) is 10.9. The molecule has 2 aromatic carbocycles. The molecule has 0 saturated heterocycles. The molecule has 3 atom stereocenters. The van der Waals surface area contributed by atoms with Crippen LogP contribution in [0, 0.1) is 11.8 Å². The monoisotopic (exact) mass is 487 g/mol. The van der Waals surface area contributed by atoms with Crippen LogP contribution in [0.25, 0.3) is 0 Å². The number of hydrogen-bond donors (Lipinski definition) is 2. The van der Waals surface area contributed by atoms with Crippen molar-refractivity contribution in [2.45, 2.75) is 44.2 Å². The maximum absolute atomic E-state index is 13.5. The van der Waals surface area contributed by atoms with Gasteiger partial charge in [0, 0.05) is 5.02 Å². The molecular weight excluding hydrogens is 466 g/mol. The van der Waals surface area contributed by atoms with Crippen LogP contribution in [0.1, 0.15) is 49.1 Å². The molecule has 0 aliphatic heterocycles. The molecule has 172 valence electrons. The van der Waals surface area contributed by atoms with Crippen molar-refractivity contribution in [2.75, 3.05) is 5.32 Å². The third-order valence-electron chi connectivity index (χ3n) is 5.79. The summed E-state index contributed by atoms with van der Waals surface area (Å²) in [5.41, 5.74) is 1.01. The number of benzene rings is 2. The Morgan fingerprint density at radius 1 is 1.09 bits per heavy atom. The lowest BCUT2D eigenvalue weighted by Crippen LogP contribution is -2.34. The number of alkyl halides is 3. The minimum Gasteiger partial charge on any atom is -0.481 e. The summed E-state index contributed by atoms with van der Waals surface area (Å²) >= 11 is 12.1. The van der Waals surface area contributed by atoms with Gasteiger partial charge in [-0.2, -0.15) is 13.2 Å². The number of amides is 1. The Labute approximate surface area is 193 Å². The Morgan fingerprint density at radius 3 is 2.22 bits per heavy atom. The van der Waals surface area contributed by atoms with E-state index in [0.717, 1.165) is 19.8 Å². The van der Waals surface area contributed by atoms with Gasteiger partial charge < -0.3 is 10.4 Å². The van der Waals surface area contributed by atoms with Crippen molar-refractivity contribution in [3.63, 3.8) is 0 Å². The predicted octanol–water partition coefficient (Wildman–Crippen LogP) is 6.88. The van der Waals surface area contributed by atoms with Gasteiger partial charge in [-0.25, -0.2) is 0 Å². The van der Waals surface area contributed by atoms with Crippen molar-refractivity contribution in [2.24, 2.45) is 11.8 Å². The largest absolute Gasteiger partial charge is 0.481 e. The summed E-state index contributed by atoms with van der Waals surface area (Å²) in [6.45, 7) is 0.951. The van der Waals surface area contributed by atoms with Crippen LogP contribution in [-0.4, -0.2) is 23.2 Å². The average molecular weight is 488 g/mol. The predicted molar refractivity (Wildman–Crippen MR) is 117 cm³/mol. The summed E-state index contributed by atoms with van der Waals surface area (Å²) in [5.74, 6) is -5.31. The number of carboxylic acid groups (broad SMARTS) is 1. The standard InChI is InChI=1S/C23H22Cl2F3NO3/c1-12(23(26,27)28)21(14-4-7-16(24)8-5-14)22(32)29-19-10-15(6-9-18(19)25)17(11-20(30)31)13-2-3-13/h4-10,12-13,17,21H,2-3,11H2,1H3,(H,29,32)(H,30,31)/t12-,17+,21?/m1/s1. The number of halogens is 5. The first kappa shape index (κ1) is 24.4. The van der Waals surface area contributed by atoms with Gasteiger partial charge in [-0.15, -0.1) is 0 Å². The van der Waals surface area contributed by atoms with Crippen LogP contribution in [0.2, 0.25) is 10.0 Å². The van der Waals surface area contributed by atoms with E-state index >= 15 is 0 Å². The molecule has 0 spiro atoms. The fourth-order valence-corrected chi connectivity index (χ4v) is 4.14. The molecule has 1 unspecified atom stereocenters. The van der Waals surface area contributed by atoms with Gasteiger partial charge in [-0.1, -0.05) is 48.3 Å². The van der Waals surface area contributed by atoms with E-state index in [1.54, 1.807) is 12.1 Å². The molecule has 2 aromatic rings. The van der Waals surface area contributed by atoms with Gasteiger partial charge in [0.25, 0.3) is 0 Å². The van der Waals surface area contributed by atoms with Crippen LogP contribution in [0.3, 0.4) is 0 Å². The normalized spacial score (nSPS) is 16.8. The maximum atomic E-state index is 13.5. The fourth-order valence-electron chi connectivity index (χ4n) is 3.85. The first-order chi connectivity index (χ1) is 15.0. The van der Waals surface area contributed by atoms with E-state index in [1.165, 1.54) is 30.3 Å². The second kappa shape index (κ2) is 9.71. The van der Waals surface area contributed by atoms with E-state index in [2.05, 4.69) is 5.32 Å². The van der Waals surface area contributed by atoms with Crippen molar-refractivity contribution >= 4 is 40.8 Å². The number of hydrogen-bond acceptors (Lipinski definition) is 2. The number of anilines is 1. The van der Waals surface area contributed by atoms with Gasteiger partial charge in [-0.05, 0) is 60.1 Å². The summed E-state index contributed by atoms with van der Waals surface area (Å²) in [7, 11) is 0. The number of rotatable bonds is 8. The van der Waals surface area contributed by atoms with Crippen molar-refractivity contribution in [3.8, 4) is 0 Å². The second-order valence-electron chi connectivity index (χ2n) is 8.13. The van der Waals surface area contributed by atoms with E-state index in [9.17, 15) is 27.9 Å². The Kier molecular flexibility index (Phi) is 7.40. The topological polar surface area (TPSA) is 66.4 Å². The third-order valence-corrected chi connectivity index (χ3v) is 6.37. The molecule has 9 heteroatoms. The first-order valence-electron chi connectivity index (χ1n) is 10.1. The van der Waals surface area contributed by atoms with Crippen molar-refractivity contribution in [3.05, 3.63) is 63.6 Å². The molecule has 1 amide bonds. The number of carboxylic acids is 1. The summed E-state index contributed by atoms with van der Waals surface area (Å²) in [6.07, 6.45) is -2.86. The number of aliphatic carboxylic acids is 1. The summed E-state index contributed by atoms with van der Waals surface area (Å²) in [4.78, 5) is 24.3. The SMILES string of the molecule is C[C@H](C(C(=O)Nc1cc([C@@H](CC(=O)O)C2CC2)ccc1Cl)c1ccc(Cl)cc1)C(F)(F)F. The highest BCUT2D eigenvalue weighted by Gasteiger charge is 2.45. The molecule has 0 heterocycles. The molecule has 0 bridgehead atoms. The lowest BCUT2D eigenvalue weighted by Gasteiger charge is -2.26. The Bertz CT molecular complexity index is 991. The highest BCUT2D eigenvalue weighted by Crippen LogP contribution is 2.46. The van der Waals surface area contributed by atoms with Crippen LogP contribution in [0.15, 0.2) is 42.5 Å². The molecular formula is C23H22Cl2F3NO3. The fraction of sp³-hybridized carbons (Fsp3) is 0.391. The third kappa shape index (κ3) is 5.95. The summed E-state index contributed by atoms with van der Waals surface area (Å²) in [5, 5.41) is 12.3. The van der Waals surface area contributed by atoms with E-state index in [4.69, 9.17) is 23.2 Å². The van der Waals surface area contributed by atoms with E-state index in [1.807, 2.05) is 0 Å². The number of nitrogens with one attached hydrogen (secondary N) is 1. The van der Waals surface area contributed by atoms with Crippen LogP contribution in [-0.2, 0) is 9.59 Å². The average Bonchev–Trinajstić information content (AvgIpc) is 3.54. The van der Waals surface area contributed by atoms with Crippen molar-refractivity contribution in [1.29, 1.82) is 0 Å². The Balaban J connectivity index is 1.91. The van der Waals surface area contributed by atoms with Crippen LogP contribution in [0.4, 0.5) is 18.9 Å². The molecule has 1 aliphatic carbocycles. The molecule has 2 N–H and O–H groups in total. The summed E-state index contributed by atoms with van der Waals surface area (Å²) in [6, 6.07) is 10.4. The summed E-state index contributed by atoms with van der Waals surface area (Å²) < 4.78 is 40.6. The number of carbonyl (C=O) groups is 2. The van der Waals surface area contributed by atoms with Crippen LogP contribution >= 0.6 is 23.2 Å². The molecule has 0 aromatic heterocycles. The zero-order chi connectivity index (χ0) is 23.6. The molecule has 1 saturated carbocycles. The van der Waals surface area contributed by atoms with E-state index in [0.29, 0.717) is 10.6 Å². The Morgan fingerprint density at radius 2 is 1.69 bits per heavy atom. The van der Waals surface area contributed by atoms with Gasteiger partial charge in [0.15, 0.2) is 0 Å². The molecule has 0 radical (unpaired) electrons. The minimum atomic E-state index is -4.61. The molecule has 3 rings (SSSR count). The van der Waals surface area contributed by atoms with Gasteiger partial charge >= 0.3 is 12.1 Å². The van der Waals surface area contributed by atoms with E-state index < -0.39 is 29.9 Å². The lowest BCUT2D eigenvalue weighted by atomic mass is 9.85. The van der Waals surface area contributed by atoms with Crippen LogP contribution in [0.5, 0.6) is 0 Å². The van der Waals surface area contributed by atoms with Crippen molar-refractivity contribution < 1.29 is 27.9 Å². The Hall–Kier alpha value is -2.25. The van der Waals surface area contributed by atoms with Crippen LogP contribution < -0.4 is 5.32 Å². The minimum absolute atomic E-state index is 0.0712. The van der Waals surface area contributed by atoms with Gasteiger partial charge in [-0.3, -0.25) is 9.59 Å². The lowest BCUT2D eigenvalue weighted by molar-refractivity contribution is -0.178. The smallest absolute Gasteiger partial charge is 0.392 e.